The van der Waals surface area contributed by atoms with E-state index < -0.39 is 18.3 Å². The van der Waals surface area contributed by atoms with E-state index in [0.717, 1.165) is 29.9 Å². The molecule has 2 unspecified atom stereocenters. The molecule has 1 amide bonds. The number of hydrogen-bond acceptors (Lipinski definition) is 6. The predicted octanol–water partition coefficient (Wildman–Crippen LogP) is 3.85. The molecule has 36 heavy (non-hydrogen) atoms. The van der Waals surface area contributed by atoms with Crippen LogP contribution in [0, 0.1) is 0 Å². The molecule has 1 saturated heterocycles. The summed E-state index contributed by atoms with van der Waals surface area (Å²) in [6.07, 6.45) is -2.39. The zero-order chi connectivity index (χ0) is 24.9. The first-order chi connectivity index (χ1) is 17.6. The van der Waals surface area contributed by atoms with Crippen molar-refractivity contribution in [2.24, 2.45) is 0 Å². The second-order valence-electron chi connectivity index (χ2n) is 9.25. The van der Waals surface area contributed by atoms with Crippen LogP contribution in [0.2, 0.25) is 0 Å². The Bertz CT molecular complexity index is 1150. The number of morpholine rings is 1. The highest BCUT2D eigenvalue weighted by Gasteiger charge is 2.29. The Labute approximate surface area is 211 Å². The summed E-state index contributed by atoms with van der Waals surface area (Å²) in [4.78, 5) is 14.6. The van der Waals surface area contributed by atoms with Gasteiger partial charge < -0.3 is 29.9 Å². The molecule has 0 spiro atoms. The minimum atomic E-state index is -1.05. The molecular formula is C29H32N2O5. The highest BCUT2D eigenvalue weighted by atomic mass is 16.5. The molecule has 0 radical (unpaired) electrons. The maximum atomic E-state index is 12.4. The normalized spacial score (nSPS) is 16.7. The molecule has 1 fully saturated rings. The molecule has 1 aliphatic carbocycles. The summed E-state index contributed by atoms with van der Waals surface area (Å²) >= 11 is 0. The molecule has 0 aromatic heterocycles. The first kappa shape index (κ1) is 24.3. The second-order valence-corrected chi connectivity index (χ2v) is 9.25. The highest BCUT2D eigenvalue weighted by Crippen LogP contribution is 2.44. The number of hydrogen-bond donors (Lipinski definition) is 3. The van der Waals surface area contributed by atoms with Crippen LogP contribution in [-0.4, -0.2) is 61.9 Å². The average Bonchev–Trinajstić information content (AvgIpc) is 3.25. The number of carbonyl (C=O) groups is 1. The number of aliphatic hydroxyl groups excluding tert-OH is 2. The monoisotopic (exact) mass is 488 g/mol. The van der Waals surface area contributed by atoms with Gasteiger partial charge in [-0.1, -0.05) is 60.7 Å². The number of anilines is 1. The van der Waals surface area contributed by atoms with Crippen LogP contribution in [0.5, 0.6) is 0 Å². The van der Waals surface area contributed by atoms with Gasteiger partial charge in [0, 0.05) is 31.2 Å². The van der Waals surface area contributed by atoms with Crippen molar-refractivity contribution in [2.75, 3.05) is 44.4 Å². The van der Waals surface area contributed by atoms with E-state index in [-0.39, 0.29) is 25.5 Å². The number of benzene rings is 3. The van der Waals surface area contributed by atoms with Crippen molar-refractivity contribution in [3.05, 3.63) is 89.5 Å². The van der Waals surface area contributed by atoms with Crippen LogP contribution >= 0.6 is 0 Å². The molecular weight excluding hydrogens is 456 g/mol. The first-order valence-corrected chi connectivity index (χ1v) is 12.5. The minimum Gasteiger partial charge on any atom is -0.449 e. The Morgan fingerprint density at radius 3 is 2.33 bits per heavy atom. The molecule has 0 saturated carbocycles. The van der Waals surface area contributed by atoms with Crippen molar-refractivity contribution in [1.29, 1.82) is 0 Å². The van der Waals surface area contributed by atoms with E-state index in [9.17, 15) is 15.0 Å². The van der Waals surface area contributed by atoms with Crippen molar-refractivity contribution < 1.29 is 24.5 Å². The molecule has 3 aromatic carbocycles. The number of nitrogens with zero attached hydrogens (tertiary/aromatic N) is 1. The molecule has 7 heteroatoms. The van der Waals surface area contributed by atoms with Gasteiger partial charge in [-0.2, -0.15) is 0 Å². The lowest BCUT2D eigenvalue weighted by Crippen LogP contribution is -2.36. The lowest BCUT2D eigenvalue weighted by atomic mass is 9.98. The smallest absolute Gasteiger partial charge is 0.407 e. The van der Waals surface area contributed by atoms with E-state index >= 15 is 0 Å². The fraction of sp³-hybridized carbons (Fsp3) is 0.345. The molecule has 1 aliphatic heterocycles. The van der Waals surface area contributed by atoms with Crippen LogP contribution in [0.15, 0.2) is 72.8 Å². The summed E-state index contributed by atoms with van der Waals surface area (Å²) < 4.78 is 10.9. The van der Waals surface area contributed by atoms with Gasteiger partial charge >= 0.3 is 6.09 Å². The number of aliphatic hydroxyl groups is 2. The number of nitrogens with one attached hydrogen (secondary N) is 1. The third-order valence-corrected chi connectivity index (χ3v) is 7.01. The largest absolute Gasteiger partial charge is 0.449 e. The Morgan fingerprint density at radius 2 is 1.64 bits per heavy atom. The van der Waals surface area contributed by atoms with E-state index in [1.807, 2.05) is 42.5 Å². The maximum absolute atomic E-state index is 12.4. The molecule has 0 bridgehead atoms. The van der Waals surface area contributed by atoms with Gasteiger partial charge in [0.05, 0.1) is 19.3 Å². The van der Waals surface area contributed by atoms with Crippen LogP contribution < -0.4 is 10.2 Å². The molecule has 1 heterocycles. The van der Waals surface area contributed by atoms with Crippen LogP contribution in [0.25, 0.3) is 11.1 Å². The maximum Gasteiger partial charge on any atom is 0.407 e. The Balaban J connectivity index is 1.11. The summed E-state index contributed by atoms with van der Waals surface area (Å²) in [6, 6.07) is 24.0. The Kier molecular flexibility index (Phi) is 7.51. The zero-order valence-corrected chi connectivity index (χ0v) is 20.2. The predicted molar refractivity (Wildman–Crippen MR) is 138 cm³/mol. The van der Waals surface area contributed by atoms with E-state index in [1.165, 1.54) is 11.1 Å². The molecule has 3 aromatic rings. The van der Waals surface area contributed by atoms with Gasteiger partial charge in [0.25, 0.3) is 0 Å². The average molecular weight is 489 g/mol. The van der Waals surface area contributed by atoms with Crippen molar-refractivity contribution in [2.45, 2.75) is 24.5 Å². The molecule has 3 N–H and O–H groups in total. The van der Waals surface area contributed by atoms with Gasteiger partial charge in [-0.05, 0) is 46.4 Å². The van der Waals surface area contributed by atoms with Crippen molar-refractivity contribution in [3.63, 3.8) is 0 Å². The highest BCUT2D eigenvalue weighted by molar-refractivity contribution is 5.79. The van der Waals surface area contributed by atoms with Gasteiger partial charge in [-0.3, -0.25) is 0 Å². The summed E-state index contributed by atoms with van der Waals surface area (Å²) in [5.41, 5.74) is 6.31. The number of alkyl carbamates (subject to hydrolysis) is 1. The Morgan fingerprint density at radius 1 is 0.972 bits per heavy atom. The van der Waals surface area contributed by atoms with E-state index in [4.69, 9.17) is 9.47 Å². The zero-order valence-electron chi connectivity index (χ0n) is 20.2. The van der Waals surface area contributed by atoms with Gasteiger partial charge in [0.15, 0.2) is 0 Å². The van der Waals surface area contributed by atoms with Crippen molar-refractivity contribution in [1.82, 2.24) is 5.32 Å². The van der Waals surface area contributed by atoms with E-state index in [2.05, 4.69) is 34.5 Å². The first-order valence-electron chi connectivity index (χ1n) is 12.5. The number of amides is 1. The fourth-order valence-electron chi connectivity index (χ4n) is 5.08. The van der Waals surface area contributed by atoms with Crippen molar-refractivity contribution in [3.8, 4) is 11.1 Å². The number of rotatable bonds is 8. The van der Waals surface area contributed by atoms with Crippen LogP contribution in [0.1, 0.15) is 35.1 Å². The van der Waals surface area contributed by atoms with Gasteiger partial charge in [-0.15, -0.1) is 0 Å². The second kappa shape index (κ2) is 11.1. The molecule has 5 rings (SSSR count). The van der Waals surface area contributed by atoms with Gasteiger partial charge in [0.1, 0.15) is 12.7 Å². The minimum absolute atomic E-state index is 0.00527. The third-order valence-electron chi connectivity index (χ3n) is 7.01. The van der Waals surface area contributed by atoms with Gasteiger partial charge in [0.2, 0.25) is 0 Å². The summed E-state index contributed by atoms with van der Waals surface area (Å²) in [6.45, 7) is 3.38. The molecule has 2 atom stereocenters. The third kappa shape index (κ3) is 5.23. The SMILES string of the molecule is O=C(NCCC(O)C(O)c1cccc(N2CCOCC2)c1)OCC1c2ccccc2-c2ccccc21. The molecule has 7 nitrogen and oxygen atoms in total. The number of fused-ring (bicyclic) bond motifs is 3. The number of carbonyl (C=O) groups excluding carboxylic acids is 1. The van der Waals surface area contributed by atoms with Crippen LogP contribution in [0.3, 0.4) is 0 Å². The standard InChI is InChI=1S/C29H32N2O5/c32-27(28(33)20-6-5-7-21(18-20)31-14-16-35-17-15-31)12-13-30-29(34)36-19-26-24-10-3-1-8-22(24)23-9-2-4-11-25(23)26/h1-11,18,26-28,32-33H,12-17,19H2,(H,30,34). The molecule has 188 valence electrons. The van der Waals surface area contributed by atoms with E-state index in [0.29, 0.717) is 18.8 Å². The van der Waals surface area contributed by atoms with Gasteiger partial charge in [-0.25, -0.2) is 4.79 Å². The van der Waals surface area contributed by atoms with Crippen LogP contribution in [-0.2, 0) is 9.47 Å². The van der Waals surface area contributed by atoms with Crippen molar-refractivity contribution >= 4 is 11.8 Å². The summed E-state index contributed by atoms with van der Waals surface area (Å²) in [5, 5.41) is 23.9. The fourth-order valence-corrected chi connectivity index (χ4v) is 5.08. The molecule has 2 aliphatic rings. The topological polar surface area (TPSA) is 91.3 Å². The lowest BCUT2D eigenvalue weighted by molar-refractivity contribution is 0.0137. The number of ether oxygens (including phenoxy) is 2. The Hall–Kier alpha value is -3.39. The quantitative estimate of drug-likeness (QED) is 0.446. The van der Waals surface area contributed by atoms with E-state index in [1.54, 1.807) is 6.07 Å². The summed E-state index contributed by atoms with van der Waals surface area (Å²) in [7, 11) is 0. The lowest BCUT2D eigenvalue weighted by Gasteiger charge is -2.29. The summed E-state index contributed by atoms with van der Waals surface area (Å²) in [5.74, 6) is -0.00527. The van der Waals surface area contributed by atoms with Crippen LogP contribution in [0.4, 0.5) is 10.5 Å².